The first-order chi connectivity index (χ1) is 12.0. The zero-order valence-electron chi connectivity index (χ0n) is 15.4. The Labute approximate surface area is 150 Å². The Morgan fingerprint density at radius 1 is 1.20 bits per heavy atom. The van der Waals surface area contributed by atoms with Crippen LogP contribution in [0.25, 0.3) is 0 Å². The van der Waals surface area contributed by atoms with Crippen LogP contribution < -0.4 is 15.4 Å². The molecule has 0 atom stereocenters. The van der Waals surface area contributed by atoms with Crippen LogP contribution in [-0.4, -0.2) is 36.2 Å². The van der Waals surface area contributed by atoms with Gasteiger partial charge in [0, 0.05) is 30.8 Å². The molecule has 0 spiro atoms. The molecule has 1 fully saturated rings. The molecule has 25 heavy (non-hydrogen) atoms. The average molecular weight is 340 g/mol. The van der Waals surface area contributed by atoms with E-state index in [2.05, 4.69) is 46.9 Å². The normalized spacial score (nSPS) is 19.6. The van der Waals surface area contributed by atoms with Crippen molar-refractivity contribution in [2.24, 2.45) is 5.73 Å². The van der Waals surface area contributed by atoms with Crippen molar-refractivity contribution in [2.45, 2.75) is 44.6 Å². The smallest absolute Gasteiger partial charge is 0.132 e. The van der Waals surface area contributed by atoms with Crippen LogP contribution in [0.1, 0.15) is 49.8 Å². The molecule has 0 radical (unpaired) electrons. The molecule has 5 nitrogen and oxygen atoms in total. The molecule has 2 aromatic rings. The lowest BCUT2D eigenvalue weighted by Crippen LogP contribution is -2.35. The van der Waals surface area contributed by atoms with Gasteiger partial charge in [-0.05, 0) is 36.5 Å². The lowest BCUT2D eigenvalue weighted by Gasteiger charge is -2.32. The van der Waals surface area contributed by atoms with Gasteiger partial charge in [-0.2, -0.15) is 0 Å². The Hall–Kier alpha value is -2.14. The summed E-state index contributed by atoms with van der Waals surface area (Å²) in [5.41, 5.74) is 8.31. The molecule has 3 rings (SSSR count). The number of anilines is 1. The SMILES string of the molecule is CC(C)c1ccc(OCCN(C)c2cc(C3CC(N)C3)ncn2)cc1. The topological polar surface area (TPSA) is 64.3 Å². The van der Waals surface area contributed by atoms with Crippen molar-refractivity contribution in [3.8, 4) is 5.75 Å². The summed E-state index contributed by atoms with van der Waals surface area (Å²) < 4.78 is 5.86. The van der Waals surface area contributed by atoms with Crippen LogP contribution in [0, 0.1) is 0 Å². The fourth-order valence-corrected chi connectivity index (χ4v) is 3.06. The van der Waals surface area contributed by atoms with Crippen LogP contribution in [0.15, 0.2) is 36.7 Å². The van der Waals surface area contributed by atoms with Crippen LogP contribution in [0.3, 0.4) is 0 Å². The summed E-state index contributed by atoms with van der Waals surface area (Å²) in [5, 5.41) is 0. The fraction of sp³-hybridized carbons (Fsp3) is 0.500. The molecule has 1 aliphatic carbocycles. The number of likely N-dealkylation sites (N-methyl/N-ethyl adjacent to an activating group) is 1. The second-order valence-corrected chi connectivity index (χ2v) is 7.22. The third kappa shape index (κ3) is 4.48. The molecule has 1 aromatic carbocycles. The van der Waals surface area contributed by atoms with E-state index >= 15 is 0 Å². The van der Waals surface area contributed by atoms with Crippen LogP contribution in [0.4, 0.5) is 5.82 Å². The van der Waals surface area contributed by atoms with Crippen molar-refractivity contribution >= 4 is 5.82 Å². The van der Waals surface area contributed by atoms with Gasteiger partial charge in [-0.15, -0.1) is 0 Å². The number of ether oxygens (including phenoxy) is 1. The minimum absolute atomic E-state index is 0.330. The van der Waals surface area contributed by atoms with Gasteiger partial charge < -0.3 is 15.4 Å². The monoisotopic (exact) mass is 340 g/mol. The summed E-state index contributed by atoms with van der Waals surface area (Å²) in [6.45, 7) is 5.77. The Morgan fingerprint density at radius 3 is 2.56 bits per heavy atom. The molecule has 1 aliphatic rings. The van der Waals surface area contributed by atoms with Gasteiger partial charge in [-0.3, -0.25) is 0 Å². The third-order valence-electron chi connectivity index (χ3n) is 4.90. The molecule has 1 heterocycles. The van der Waals surface area contributed by atoms with Crippen molar-refractivity contribution < 1.29 is 4.74 Å². The maximum atomic E-state index is 5.88. The predicted octanol–water partition coefficient (Wildman–Crippen LogP) is 3.32. The van der Waals surface area contributed by atoms with Gasteiger partial charge in [-0.1, -0.05) is 26.0 Å². The first kappa shape index (κ1) is 17.7. The van der Waals surface area contributed by atoms with E-state index in [0.29, 0.717) is 24.5 Å². The Bertz CT molecular complexity index is 680. The quantitative estimate of drug-likeness (QED) is 0.837. The zero-order chi connectivity index (χ0) is 17.8. The van der Waals surface area contributed by atoms with E-state index in [1.165, 1.54) is 5.56 Å². The highest BCUT2D eigenvalue weighted by Gasteiger charge is 2.28. The summed E-state index contributed by atoms with van der Waals surface area (Å²) in [4.78, 5) is 10.9. The number of aromatic nitrogens is 2. The number of hydrogen-bond acceptors (Lipinski definition) is 5. The van der Waals surface area contributed by atoms with Crippen molar-refractivity contribution in [2.75, 3.05) is 25.1 Å². The van der Waals surface area contributed by atoms with Crippen LogP contribution in [0.5, 0.6) is 5.75 Å². The van der Waals surface area contributed by atoms with Crippen LogP contribution in [-0.2, 0) is 0 Å². The van der Waals surface area contributed by atoms with Gasteiger partial charge in [0.1, 0.15) is 24.5 Å². The number of hydrogen-bond donors (Lipinski definition) is 1. The predicted molar refractivity (Wildman–Crippen MR) is 101 cm³/mol. The van der Waals surface area contributed by atoms with Gasteiger partial charge in [0.25, 0.3) is 0 Å². The summed E-state index contributed by atoms with van der Waals surface area (Å²) in [7, 11) is 2.03. The lowest BCUT2D eigenvalue weighted by atomic mass is 9.78. The highest BCUT2D eigenvalue weighted by molar-refractivity contribution is 5.39. The maximum Gasteiger partial charge on any atom is 0.132 e. The van der Waals surface area contributed by atoms with Crippen LogP contribution in [0.2, 0.25) is 0 Å². The van der Waals surface area contributed by atoms with E-state index in [1.54, 1.807) is 6.33 Å². The first-order valence-corrected chi connectivity index (χ1v) is 9.04. The largest absolute Gasteiger partial charge is 0.492 e. The molecular weight excluding hydrogens is 312 g/mol. The third-order valence-corrected chi connectivity index (χ3v) is 4.90. The highest BCUT2D eigenvalue weighted by atomic mass is 16.5. The van der Waals surface area contributed by atoms with Crippen molar-refractivity contribution in [3.63, 3.8) is 0 Å². The van der Waals surface area contributed by atoms with E-state index in [4.69, 9.17) is 10.5 Å². The molecule has 0 unspecified atom stereocenters. The number of rotatable bonds is 7. The highest BCUT2D eigenvalue weighted by Crippen LogP contribution is 2.35. The van der Waals surface area contributed by atoms with Crippen LogP contribution >= 0.6 is 0 Å². The maximum absolute atomic E-state index is 5.88. The second-order valence-electron chi connectivity index (χ2n) is 7.22. The van der Waals surface area contributed by atoms with Gasteiger partial charge in [-0.25, -0.2) is 9.97 Å². The Kier molecular flexibility index (Phi) is 5.53. The lowest BCUT2D eigenvalue weighted by molar-refractivity contribution is 0.325. The summed E-state index contributed by atoms with van der Waals surface area (Å²) in [5.74, 6) is 2.87. The van der Waals surface area contributed by atoms with Gasteiger partial charge in [0.2, 0.25) is 0 Å². The van der Waals surface area contributed by atoms with Gasteiger partial charge in [0.15, 0.2) is 0 Å². The molecule has 2 N–H and O–H groups in total. The zero-order valence-corrected chi connectivity index (χ0v) is 15.4. The Morgan fingerprint density at radius 2 is 1.92 bits per heavy atom. The molecule has 0 aliphatic heterocycles. The van der Waals surface area contributed by atoms with E-state index in [-0.39, 0.29) is 0 Å². The van der Waals surface area contributed by atoms with E-state index in [0.717, 1.165) is 36.6 Å². The first-order valence-electron chi connectivity index (χ1n) is 9.04. The van der Waals surface area contributed by atoms with E-state index in [1.807, 2.05) is 19.2 Å². The Balaban J connectivity index is 1.50. The summed E-state index contributed by atoms with van der Waals surface area (Å²) in [6, 6.07) is 10.7. The second kappa shape index (κ2) is 7.83. The van der Waals surface area contributed by atoms with Gasteiger partial charge in [0.05, 0.1) is 6.54 Å². The van der Waals surface area contributed by atoms with E-state index in [9.17, 15) is 0 Å². The van der Waals surface area contributed by atoms with E-state index < -0.39 is 0 Å². The molecular formula is C20H28N4O. The molecule has 5 heteroatoms. The average Bonchev–Trinajstić information content (AvgIpc) is 2.59. The fourth-order valence-electron chi connectivity index (χ4n) is 3.06. The number of nitrogens with two attached hydrogens (primary N) is 1. The molecule has 1 saturated carbocycles. The molecule has 0 amide bonds. The van der Waals surface area contributed by atoms with Crippen molar-refractivity contribution in [1.82, 2.24) is 9.97 Å². The number of nitrogens with zero attached hydrogens (tertiary/aromatic N) is 3. The number of benzene rings is 1. The molecule has 0 saturated heterocycles. The molecule has 0 bridgehead atoms. The molecule has 134 valence electrons. The van der Waals surface area contributed by atoms with Crippen molar-refractivity contribution in [1.29, 1.82) is 0 Å². The summed E-state index contributed by atoms with van der Waals surface area (Å²) >= 11 is 0. The summed E-state index contributed by atoms with van der Waals surface area (Å²) in [6.07, 6.45) is 3.70. The minimum Gasteiger partial charge on any atom is -0.492 e. The molecule has 1 aromatic heterocycles. The minimum atomic E-state index is 0.330. The van der Waals surface area contributed by atoms with Gasteiger partial charge >= 0.3 is 0 Å². The standard InChI is InChI=1S/C20H28N4O/c1-14(2)15-4-6-18(7-5-15)25-9-8-24(3)20-12-19(22-13-23-20)16-10-17(21)11-16/h4-7,12-14,16-17H,8-11,21H2,1-3H3. The van der Waals surface area contributed by atoms with Crippen molar-refractivity contribution in [3.05, 3.63) is 47.9 Å².